The van der Waals surface area contributed by atoms with Crippen molar-refractivity contribution in [3.8, 4) is 0 Å². The van der Waals surface area contributed by atoms with Crippen LogP contribution in [0.4, 0.5) is 11.8 Å². The standard InChI is InChI=1S/C22H23ClN4O/c1-16-6-5-9-19(23)18(16)14-25-22-24-11-10-21(26-22)27-12-13-28-15-20(27)17-7-3-2-4-8-17/h2-11,20H,12-15H2,1H3,(H,24,25,26)/t20-/m1/s1. The Bertz CT molecular complexity index is 915. The third-order valence-electron chi connectivity index (χ3n) is 5.02. The molecule has 0 amide bonds. The van der Waals surface area contributed by atoms with E-state index < -0.39 is 0 Å². The first-order valence-electron chi connectivity index (χ1n) is 9.42. The fourth-order valence-corrected chi connectivity index (χ4v) is 3.77. The van der Waals surface area contributed by atoms with Crippen molar-refractivity contribution in [3.63, 3.8) is 0 Å². The van der Waals surface area contributed by atoms with Gasteiger partial charge in [0.2, 0.25) is 5.95 Å². The number of anilines is 2. The number of nitrogens with one attached hydrogen (secondary N) is 1. The first-order valence-corrected chi connectivity index (χ1v) is 9.80. The largest absolute Gasteiger partial charge is 0.377 e. The lowest BCUT2D eigenvalue weighted by molar-refractivity contribution is 0.0937. The highest BCUT2D eigenvalue weighted by Gasteiger charge is 2.26. The number of aryl methyl sites for hydroxylation is 1. The average Bonchev–Trinajstić information content (AvgIpc) is 2.74. The van der Waals surface area contributed by atoms with Crippen LogP contribution in [0.3, 0.4) is 0 Å². The molecule has 0 unspecified atom stereocenters. The SMILES string of the molecule is Cc1cccc(Cl)c1CNc1nccc(N2CCOC[C@@H]2c2ccccc2)n1. The molecule has 1 fully saturated rings. The molecule has 0 spiro atoms. The predicted octanol–water partition coefficient (Wildman–Crippen LogP) is 4.63. The molecule has 0 radical (unpaired) electrons. The summed E-state index contributed by atoms with van der Waals surface area (Å²) in [5.74, 6) is 1.49. The maximum atomic E-state index is 6.33. The molecule has 1 atom stereocenters. The highest BCUT2D eigenvalue weighted by atomic mass is 35.5. The molecule has 2 heterocycles. The van der Waals surface area contributed by atoms with Crippen molar-refractivity contribution in [3.05, 3.63) is 82.5 Å². The third kappa shape index (κ3) is 4.11. The van der Waals surface area contributed by atoms with Crippen LogP contribution in [0.2, 0.25) is 5.02 Å². The van der Waals surface area contributed by atoms with E-state index in [2.05, 4.69) is 52.5 Å². The van der Waals surface area contributed by atoms with Crippen LogP contribution in [0.5, 0.6) is 0 Å². The Morgan fingerprint density at radius 2 is 2.00 bits per heavy atom. The molecule has 28 heavy (non-hydrogen) atoms. The van der Waals surface area contributed by atoms with E-state index in [9.17, 15) is 0 Å². The van der Waals surface area contributed by atoms with Crippen molar-refractivity contribution in [2.45, 2.75) is 19.5 Å². The summed E-state index contributed by atoms with van der Waals surface area (Å²) in [7, 11) is 0. The second kappa shape index (κ2) is 8.59. The molecule has 2 aromatic carbocycles. The van der Waals surface area contributed by atoms with Crippen LogP contribution >= 0.6 is 11.6 Å². The minimum atomic E-state index is 0.142. The smallest absolute Gasteiger partial charge is 0.224 e. The van der Waals surface area contributed by atoms with E-state index in [1.807, 2.05) is 24.3 Å². The number of hydrogen-bond donors (Lipinski definition) is 1. The van der Waals surface area contributed by atoms with Crippen LogP contribution in [0, 0.1) is 6.92 Å². The molecule has 0 saturated carbocycles. The summed E-state index contributed by atoms with van der Waals surface area (Å²) in [5.41, 5.74) is 3.43. The van der Waals surface area contributed by atoms with Crippen molar-refractivity contribution in [1.82, 2.24) is 9.97 Å². The Labute approximate surface area is 170 Å². The quantitative estimate of drug-likeness (QED) is 0.683. The van der Waals surface area contributed by atoms with Gasteiger partial charge in [0.15, 0.2) is 0 Å². The number of hydrogen-bond acceptors (Lipinski definition) is 5. The first-order chi connectivity index (χ1) is 13.7. The topological polar surface area (TPSA) is 50.3 Å². The Hall–Kier alpha value is -2.63. The molecular formula is C22H23ClN4O. The maximum absolute atomic E-state index is 6.33. The van der Waals surface area contributed by atoms with E-state index in [4.69, 9.17) is 21.3 Å². The van der Waals surface area contributed by atoms with E-state index in [1.54, 1.807) is 6.20 Å². The molecule has 1 aliphatic rings. The monoisotopic (exact) mass is 394 g/mol. The van der Waals surface area contributed by atoms with Gasteiger partial charge in [0.25, 0.3) is 0 Å². The van der Waals surface area contributed by atoms with Gasteiger partial charge in [-0.3, -0.25) is 0 Å². The summed E-state index contributed by atoms with van der Waals surface area (Å²) >= 11 is 6.33. The van der Waals surface area contributed by atoms with Crippen LogP contribution in [0.15, 0.2) is 60.8 Å². The normalized spacial score (nSPS) is 16.8. The van der Waals surface area contributed by atoms with Gasteiger partial charge >= 0.3 is 0 Å². The maximum Gasteiger partial charge on any atom is 0.224 e. The number of aromatic nitrogens is 2. The molecule has 144 valence electrons. The zero-order valence-electron chi connectivity index (χ0n) is 15.8. The van der Waals surface area contributed by atoms with Crippen LogP contribution in [0.25, 0.3) is 0 Å². The summed E-state index contributed by atoms with van der Waals surface area (Å²) in [5, 5.41) is 4.06. The fraction of sp³-hybridized carbons (Fsp3) is 0.273. The van der Waals surface area contributed by atoms with Gasteiger partial charge in [0, 0.05) is 24.3 Å². The highest BCUT2D eigenvalue weighted by molar-refractivity contribution is 6.31. The Morgan fingerprint density at radius 1 is 1.14 bits per heavy atom. The number of morpholine rings is 1. The third-order valence-corrected chi connectivity index (χ3v) is 5.38. The summed E-state index contributed by atoms with van der Waals surface area (Å²) in [6.45, 7) is 4.77. The van der Waals surface area contributed by atoms with Gasteiger partial charge < -0.3 is 15.0 Å². The van der Waals surface area contributed by atoms with E-state index >= 15 is 0 Å². The zero-order valence-corrected chi connectivity index (χ0v) is 16.6. The summed E-state index contributed by atoms with van der Waals surface area (Å²) in [6.07, 6.45) is 1.79. The van der Waals surface area contributed by atoms with Crippen LogP contribution in [0.1, 0.15) is 22.7 Å². The Kier molecular flexibility index (Phi) is 5.74. The van der Waals surface area contributed by atoms with Crippen molar-refractivity contribution in [2.24, 2.45) is 0 Å². The molecule has 1 N–H and O–H groups in total. The van der Waals surface area contributed by atoms with Gasteiger partial charge in [0.1, 0.15) is 5.82 Å². The van der Waals surface area contributed by atoms with Gasteiger partial charge in [0.05, 0.1) is 19.3 Å². The summed E-state index contributed by atoms with van der Waals surface area (Å²) in [6, 6.07) is 18.4. The molecule has 5 nitrogen and oxygen atoms in total. The number of ether oxygens (including phenoxy) is 1. The molecular weight excluding hydrogens is 372 g/mol. The first kappa shape index (κ1) is 18.7. The molecule has 0 aliphatic carbocycles. The van der Waals surface area contributed by atoms with Crippen LogP contribution in [-0.2, 0) is 11.3 Å². The molecule has 1 aromatic heterocycles. The lowest BCUT2D eigenvalue weighted by Gasteiger charge is -2.36. The Morgan fingerprint density at radius 3 is 2.82 bits per heavy atom. The van der Waals surface area contributed by atoms with Crippen LogP contribution in [-0.4, -0.2) is 29.7 Å². The van der Waals surface area contributed by atoms with Crippen molar-refractivity contribution >= 4 is 23.4 Å². The van der Waals surface area contributed by atoms with E-state index in [1.165, 1.54) is 5.56 Å². The van der Waals surface area contributed by atoms with Crippen LogP contribution < -0.4 is 10.2 Å². The molecule has 6 heteroatoms. The fourth-order valence-electron chi connectivity index (χ4n) is 3.48. The minimum Gasteiger partial charge on any atom is -0.377 e. The molecule has 1 saturated heterocycles. The lowest BCUT2D eigenvalue weighted by Crippen LogP contribution is -2.40. The van der Waals surface area contributed by atoms with E-state index in [0.717, 1.165) is 28.5 Å². The zero-order chi connectivity index (χ0) is 19.3. The van der Waals surface area contributed by atoms with E-state index in [0.29, 0.717) is 25.7 Å². The number of halogens is 1. The minimum absolute atomic E-state index is 0.142. The Balaban J connectivity index is 1.54. The van der Waals surface area contributed by atoms with Gasteiger partial charge in [-0.15, -0.1) is 0 Å². The average molecular weight is 395 g/mol. The van der Waals surface area contributed by atoms with Crippen molar-refractivity contribution in [2.75, 3.05) is 30.0 Å². The molecule has 0 bridgehead atoms. The highest BCUT2D eigenvalue weighted by Crippen LogP contribution is 2.29. The number of nitrogens with zero attached hydrogens (tertiary/aromatic N) is 3. The van der Waals surface area contributed by atoms with Gasteiger partial charge in [-0.25, -0.2) is 4.98 Å². The molecule has 1 aliphatic heterocycles. The summed E-state index contributed by atoms with van der Waals surface area (Å²) in [4.78, 5) is 11.4. The van der Waals surface area contributed by atoms with Gasteiger partial charge in [-0.2, -0.15) is 4.98 Å². The number of rotatable bonds is 5. The second-order valence-electron chi connectivity index (χ2n) is 6.82. The second-order valence-corrected chi connectivity index (χ2v) is 7.23. The lowest BCUT2D eigenvalue weighted by atomic mass is 10.1. The summed E-state index contributed by atoms with van der Waals surface area (Å²) < 4.78 is 5.73. The van der Waals surface area contributed by atoms with E-state index in [-0.39, 0.29) is 6.04 Å². The predicted molar refractivity (Wildman–Crippen MR) is 113 cm³/mol. The molecule has 3 aromatic rings. The number of benzene rings is 2. The molecule has 4 rings (SSSR count). The van der Waals surface area contributed by atoms with Crippen molar-refractivity contribution in [1.29, 1.82) is 0 Å². The van der Waals surface area contributed by atoms with Gasteiger partial charge in [-0.1, -0.05) is 54.1 Å². The van der Waals surface area contributed by atoms with Crippen molar-refractivity contribution < 1.29 is 4.74 Å². The van der Waals surface area contributed by atoms with Gasteiger partial charge in [-0.05, 0) is 35.7 Å².